The molecule has 1 amide bonds. The molecule has 154 valence electrons. The number of carbonyl (C=O) groups is 2. The predicted octanol–water partition coefficient (Wildman–Crippen LogP) is 3.26. The van der Waals surface area contributed by atoms with Gasteiger partial charge in [0.05, 0.1) is 24.6 Å². The van der Waals surface area contributed by atoms with Crippen molar-refractivity contribution in [3.05, 3.63) is 23.8 Å². The summed E-state index contributed by atoms with van der Waals surface area (Å²) in [7, 11) is 0. The van der Waals surface area contributed by atoms with Crippen LogP contribution in [-0.2, 0) is 4.79 Å². The van der Waals surface area contributed by atoms with Crippen molar-refractivity contribution in [2.45, 2.75) is 70.4 Å². The summed E-state index contributed by atoms with van der Waals surface area (Å²) >= 11 is 0. The fourth-order valence-corrected chi connectivity index (χ4v) is 4.09. The largest absolute Gasteiger partial charge is 0.486 e. The van der Waals surface area contributed by atoms with Crippen molar-refractivity contribution in [2.24, 2.45) is 5.92 Å². The molecule has 1 aliphatic carbocycles. The Kier molecular flexibility index (Phi) is 6.60. The fourth-order valence-electron chi connectivity index (χ4n) is 4.09. The number of Topliss-reactive ketones (excluding diaryl/α,β-unsaturated/α-hetero) is 1. The smallest absolute Gasteiger partial charge is 0.258 e. The van der Waals surface area contributed by atoms with E-state index < -0.39 is 0 Å². The molecule has 1 spiro atoms. The maximum atomic E-state index is 12.6. The van der Waals surface area contributed by atoms with Crippen LogP contribution in [0.2, 0.25) is 0 Å². The summed E-state index contributed by atoms with van der Waals surface area (Å²) in [6.07, 6.45) is 6.48. The monoisotopic (exact) mass is 389 g/mol. The van der Waals surface area contributed by atoms with Gasteiger partial charge in [0, 0.05) is 6.07 Å². The van der Waals surface area contributed by atoms with Gasteiger partial charge in [0.2, 0.25) is 0 Å². The minimum atomic E-state index is -0.372. The highest BCUT2D eigenvalue weighted by molar-refractivity contribution is 6.00. The molecule has 0 unspecified atom stereocenters. The van der Waals surface area contributed by atoms with Gasteiger partial charge in [-0.2, -0.15) is 0 Å². The van der Waals surface area contributed by atoms with Crippen LogP contribution in [0.25, 0.3) is 0 Å². The molecule has 1 fully saturated rings. The maximum Gasteiger partial charge on any atom is 0.258 e. The van der Waals surface area contributed by atoms with E-state index in [1.54, 1.807) is 18.2 Å². The zero-order chi connectivity index (χ0) is 20.1. The van der Waals surface area contributed by atoms with E-state index in [-0.39, 0.29) is 42.5 Å². The number of aliphatic hydroxyl groups excluding tert-OH is 1. The van der Waals surface area contributed by atoms with Crippen molar-refractivity contribution in [3.8, 4) is 11.5 Å². The van der Waals surface area contributed by atoms with Crippen LogP contribution in [0.4, 0.5) is 0 Å². The van der Waals surface area contributed by atoms with E-state index >= 15 is 0 Å². The Morgan fingerprint density at radius 3 is 2.75 bits per heavy atom. The number of ketones is 1. The quantitative estimate of drug-likeness (QED) is 0.748. The summed E-state index contributed by atoms with van der Waals surface area (Å²) in [5, 5.41) is 12.2. The molecule has 6 nitrogen and oxygen atoms in total. The number of aliphatic hydroxyl groups is 1. The number of ether oxygens (including phenoxy) is 2. The molecular formula is C22H31NO5. The Balaban J connectivity index is 1.63. The summed E-state index contributed by atoms with van der Waals surface area (Å²) in [6.45, 7) is 3.76. The van der Waals surface area contributed by atoms with Gasteiger partial charge < -0.3 is 19.9 Å². The summed E-state index contributed by atoms with van der Waals surface area (Å²) in [4.78, 5) is 24.7. The van der Waals surface area contributed by atoms with Crippen molar-refractivity contribution < 1.29 is 24.2 Å². The molecule has 28 heavy (non-hydrogen) atoms. The molecule has 1 saturated carbocycles. The zero-order valence-corrected chi connectivity index (χ0v) is 16.8. The number of hydrogen-bond acceptors (Lipinski definition) is 5. The van der Waals surface area contributed by atoms with Gasteiger partial charge >= 0.3 is 0 Å². The van der Waals surface area contributed by atoms with E-state index in [1.165, 1.54) is 6.42 Å². The van der Waals surface area contributed by atoms with Crippen molar-refractivity contribution in [1.29, 1.82) is 0 Å². The molecule has 0 radical (unpaired) electrons. The van der Waals surface area contributed by atoms with E-state index in [0.717, 1.165) is 32.1 Å². The molecule has 0 bridgehead atoms. The Labute approximate surface area is 166 Å². The first kappa shape index (κ1) is 20.6. The second kappa shape index (κ2) is 8.95. The lowest BCUT2D eigenvalue weighted by atomic mass is 9.78. The number of hydrogen-bond donors (Lipinski definition) is 2. The Hall–Kier alpha value is -2.08. The minimum absolute atomic E-state index is 0.0996. The first-order valence-electron chi connectivity index (χ1n) is 10.4. The Bertz CT molecular complexity index is 711. The molecule has 0 aromatic heterocycles. The van der Waals surface area contributed by atoms with Gasteiger partial charge in [-0.25, -0.2) is 0 Å². The summed E-state index contributed by atoms with van der Waals surface area (Å²) in [5.74, 6) is 1.08. The highest BCUT2D eigenvalue weighted by Gasteiger charge is 2.41. The average Bonchev–Trinajstić information content (AvgIpc) is 2.70. The predicted molar refractivity (Wildman–Crippen MR) is 106 cm³/mol. The van der Waals surface area contributed by atoms with Crippen LogP contribution < -0.4 is 14.8 Å². The van der Waals surface area contributed by atoms with E-state index in [4.69, 9.17) is 9.47 Å². The van der Waals surface area contributed by atoms with Crippen LogP contribution in [0, 0.1) is 5.92 Å². The van der Waals surface area contributed by atoms with E-state index in [2.05, 4.69) is 5.32 Å². The topological polar surface area (TPSA) is 84.9 Å². The third kappa shape index (κ3) is 4.66. The van der Waals surface area contributed by atoms with Gasteiger partial charge in [-0.05, 0) is 43.7 Å². The number of carbonyl (C=O) groups excluding carboxylic acids is 2. The van der Waals surface area contributed by atoms with Gasteiger partial charge in [-0.1, -0.05) is 26.7 Å². The van der Waals surface area contributed by atoms with Crippen LogP contribution in [-0.4, -0.2) is 41.7 Å². The lowest BCUT2D eigenvalue weighted by Gasteiger charge is -2.40. The highest BCUT2D eigenvalue weighted by Crippen LogP contribution is 2.42. The van der Waals surface area contributed by atoms with E-state index in [1.807, 2.05) is 13.8 Å². The molecule has 0 saturated heterocycles. The molecule has 2 atom stereocenters. The van der Waals surface area contributed by atoms with Gasteiger partial charge in [-0.15, -0.1) is 0 Å². The third-order valence-electron chi connectivity index (χ3n) is 6.07. The fraction of sp³-hybridized carbons (Fsp3) is 0.636. The van der Waals surface area contributed by atoms with Crippen molar-refractivity contribution in [3.63, 3.8) is 0 Å². The third-order valence-corrected chi connectivity index (χ3v) is 6.07. The number of amides is 1. The normalized spacial score (nSPS) is 20.0. The molecular weight excluding hydrogens is 358 g/mol. The van der Waals surface area contributed by atoms with E-state index in [9.17, 15) is 14.7 Å². The second-order valence-electron chi connectivity index (χ2n) is 8.13. The number of nitrogens with one attached hydrogen (secondary N) is 1. The average molecular weight is 389 g/mol. The molecule has 1 aromatic rings. The van der Waals surface area contributed by atoms with Crippen LogP contribution in [0.1, 0.15) is 69.2 Å². The molecule has 2 N–H and O–H groups in total. The maximum absolute atomic E-state index is 12.6. The molecule has 1 heterocycles. The SMILES string of the molecule is CC[C@@H](C)[C@@H](CO)NC(=O)COc1ccc2c(c1)OC1(CCCCC1)CC2=O. The van der Waals surface area contributed by atoms with Crippen LogP contribution in [0.15, 0.2) is 18.2 Å². The van der Waals surface area contributed by atoms with Crippen molar-refractivity contribution >= 4 is 11.7 Å². The van der Waals surface area contributed by atoms with Crippen LogP contribution in [0.5, 0.6) is 11.5 Å². The van der Waals surface area contributed by atoms with Gasteiger partial charge in [0.1, 0.15) is 17.1 Å². The highest BCUT2D eigenvalue weighted by atomic mass is 16.5. The zero-order valence-electron chi connectivity index (χ0n) is 16.8. The molecule has 2 aliphatic rings. The summed E-state index contributed by atoms with van der Waals surface area (Å²) in [6, 6.07) is 4.85. The first-order chi connectivity index (χ1) is 13.5. The molecule has 1 aromatic carbocycles. The van der Waals surface area contributed by atoms with Crippen LogP contribution >= 0.6 is 0 Å². The van der Waals surface area contributed by atoms with Crippen molar-refractivity contribution in [1.82, 2.24) is 5.32 Å². The number of fused-ring (bicyclic) bond motifs is 1. The number of rotatable bonds is 7. The van der Waals surface area contributed by atoms with E-state index in [0.29, 0.717) is 23.5 Å². The lowest BCUT2D eigenvalue weighted by Crippen LogP contribution is -2.44. The second-order valence-corrected chi connectivity index (χ2v) is 8.13. The number of benzene rings is 1. The molecule has 3 rings (SSSR count). The van der Waals surface area contributed by atoms with Crippen molar-refractivity contribution in [2.75, 3.05) is 13.2 Å². The molecule has 6 heteroatoms. The Morgan fingerprint density at radius 2 is 2.07 bits per heavy atom. The first-order valence-corrected chi connectivity index (χ1v) is 10.4. The van der Waals surface area contributed by atoms with Gasteiger partial charge in [0.15, 0.2) is 12.4 Å². The summed E-state index contributed by atoms with van der Waals surface area (Å²) in [5.41, 5.74) is 0.216. The van der Waals surface area contributed by atoms with Gasteiger partial charge in [0.25, 0.3) is 5.91 Å². The van der Waals surface area contributed by atoms with Crippen LogP contribution in [0.3, 0.4) is 0 Å². The standard InChI is InChI=1S/C22H31NO5/c1-3-15(2)18(13-24)23-21(26)14-27-16-7-8-17-19(25)12-22(28-20(17)11-16)9-5-4-6-10-22/h7-8,11,15,18,24H,3-6,9-10,12-14H2,1-2H3,(H,23,26)/t15-,18-/m1/s1. The minimum Gasteiger partial charge on any atom is -0.486 e. The Morgan fingerprint density at radius 1 is 1.32 bits per heavy atom. The summed E-state index contributed by atoms with van der Waals surface area (Å²) < 4.78 is 11.9. The van der Waals surface area contributed by atoms with Gasteiger partial charge in [-0.3, -0.25) is 9.59 Å². The molecule has 1 aliphatic heterocycles. The lowest BCUT2D eigenvalue weighted by molar-refractivity contribution is -0.124.